The Bertz CT molecular complexity index is 332. The molecule has 0 saturated heterocycles. The molecule has 1 aromatic rings. The van der Waals surface area contributed by atoms with Gasteiger partial charge in [-0.1, -0.05) is 19.9 Å². The molecule has 0 amide bonds. The number of rotatable bonds is 2. The Labute approximate surface area is 85.3 Å². The summed E-state index contributed by atoms with van der Waals surface area (Å²) in [5, 5.41) is 9.29. The van der Waals surface area contributed by atoms with Crippen LogP contribution < -0.4 is 0 Å². The predicted octanol–water partition coefficient (Wildman–Crippen LogP) is 3.51. The minimum Gasteiger partial charge on any atom is -0.512 e. The van der Waals surface area contributed by atoms with E-state index in [-0.39, 0.29) is 0 Å². The smallest absolute Gasteiger partial charge is 0.0942 e. The summed E-state index contributed by atoms with van der Waals surface area (Å²) in [4.78, 5) is 4.30. The normalized spacial score (nSPS) is 12.9. The van der Waals surface area contributed by atoms with Gasteiger partial charge in [-0.25, -0.2) is 0 Å². The molecule has 0 aliphatic rings. The average Bonchev–Trinajstić information content (AvgIpc) is 2.16. The zero-order chi connectivity index (χ0) is 10.7. The summed E-state index contributed by atoms with van der Waals surface area (Å²) in [5.74, 6) is 0.825. The first kappa shape index (κ1) is 10.8. The number of hydrogen-bond donors (Lipinski definition) is 1. The van der Waals surface area contributed by atoms with E-state index in [1.165, 1.54) is 5.56 Å². The summed E-state index contributed by atoms with van der Waals surface area (Å²) in [6, 6.07) is 4.00. The van der Waals surface area contributed by atoms with Crippen LogP contribution in [0.2, 0.25) is 0 Å². The lowest BCUT2D eigenvalue weighted by Crippen LogP contribution is -1.93. The minimum absolute atomic E-state index is 0.329. The first-order valence-electron chi connectivity index (χ1n) is 4.85. The summed E-state index contributed by atoms with van der Waals surface area (Å²) in [6.45, 7) is 7.81. The van der Waals surface area contributed by atoms with Crippen LogP contribution >= 0.6 is 0 Å². The van der Waals surface area contributed by atoms with Gasteiger partial charge in [-0.2, -0.15) is 0 Å². The maximum atomic E-state index is 9.29. The second kappa shape index (κ2) is 4.27. The molecule has 2 heteroatoms. The molecule has 2 nitrogen and oxygen atoms in total. The SMILES string of the molecule is C/C(O)=C(\C)c1ccc(C(C)C)cn1. The maximum Gasteiger partial charge on any atom is 0.0942 e. The van der Waals surface area contributed by atoms with Crippen LogP contribution in [0.1, 0.15) is 44.9 Å². The molecule has 0 fully saturated rings. The standard InChI is InChI=1S/C12H17NO/c1-8(2)11-5-6-12(13-7-11)9(3)10(4)14/h5-8,14H,1-4H3/b10-9-. The lowest BCUT2D eigenvalue weighted by Gasteiger charge is -2.06. The molecular weight excluding hydrogens is 174 g/mol. The molecule has 0 aliphatic carbocycles. The molecule has 0 unspecified atom stereocenters. The van der Waals surface area contributed by atoms with Gasteiger partial charge in [-0.3, -0.25) is 4.98 Å². The number of hydrogen-bond acceptors (Lipinski definition) is 2. The van der Waals surface area contributed by atoms with E-state index in [2.05, 4.69) is 24.9 Å². The van der Waals surface area contributed by atoms with Gasteiger partial charge in [-0.05, 0) is 31.4 Å². The van der Waals surface area contributed by atoms with E-state index in [9.17, 15) is 5.11 Å². The fraction of sp³-hybridized carbons (Fsp3) is 0.417. The van der Waals surface area contributed by atoms with Crippen molar-refractivity contribution in [3.63, 3.8) is 0 Å². The second-order valence-electron chi connectivity index (χ2n) is 3.84. The van der Waals surface area contributed by atoms with E-state index < -0.39 is 0 Å². The van der Waals surface area contributed by atoms with Crippen molar-refractivity contribution >= 4 is 5.57 Å². The van der Waals surface area contributed by atoms with Crippen LogP contribution in [0.5, 0.6) is 0 Å². The van der Waals surface area contributed by atoms with Gasteiger partial charge in [0.05, 0.1) is 11.5 Å². The Balaban J connectivity index is 3.00. The summed E-state index contributed by atoms with van der Waals surface area (Å²) in [7, 11) is 0. The molecule has 0 atom stereocenters. The quantitative estimate of drug-likeness (QED) is 0.725. The van der Waals surface area contributed by atoms with Crippen LogP contribution in [0.4, 0.5) is 0 Å². The Kier molecular flexibility index (Phi) is 3.28. The van der Waals surface area contributed by atoms with Gasteiger partial charge in [0.15, 0.2) is 0 Å². The molecule has 76 valence electrons. The monoisotopic (exact) mass is 191 g/mol. The van der Waals surface area contributed by atoms with Crippen LogP contribution in [0.15, 0.2) is 24.1 Å². The largest absolute Gasteiger partial charge is 0.512 e. The third-order valence-electron chi connectivity index (χ3n) is 2.38. The summed E-state index contributed by atoms with van der Waals surface area (Å²) >= 11 is 0. The molecule has 1 rings (SSSR count). The number of pyridine rings is 1. The van der Waals surface area contributed by atoms with Crippen LogP contribution in [0.3, 0.4) is 0 Å². The second-order valence-corrected chi connectivity index (χ2v) is 3.84. The van der Waals surface area contributed by atoms with Crippen LogP contribution in [0, 0.1) is 0 Å². The summed E-state index contributed by atoms with van der Waals surface area (Å²) in [5.41, 5.74) is 2.90. The maximum absolute atomic E-state index is 9.29. The van der Waals surface area contributed by atoms with Crippen molar-refractivity contribution in [3.05, 3.63) is 35.3 Å². The Morgan fingerprint density at radius 1 is 1.29 bits per heavy atom. The molecule has 0 spiro atoms. The van der Waals surface area contributed by atoms with Gasteiger partial charge < -0.3 is 5.11 Å². The van der Waals surface area contributed by atoms with Gasteiger partial charge in [0.2, 0.25) is 0 Å². The number of allylic oxidation sites excluding steroid dienone is 2. The minimum atomic E-state index is 0.329. The summed E-state index contributed by atoms with van der Waals surface area (Å²) < 4.78 is 0. The number of aliphatic hydroxyl groups excluding tert-OH is 1. The van der Waals surface area contributed by atoms with Crippen LogP contribution in [0.25, 0.3) is 5.57 Å². The Morgan fingerprint density at radius 2 is 1.93 bits per heavy atom. The van der Waals surface area contributed by atoms with Crippen LogP contribution in [-0.2, 0) is 0 Å². The van der Waals surface area contributed by atoms with E-state index in [1.54, 1.807) is 6.92 Å². The van der Waals surface area contributed by atoms with E-state index in [0.717, 1.165) is 11.3 Å². The lowest BCUT2D eigenvalue weighted by atomic mass is 10.0. The van der Waals surface area contributed by atoms with E-state index in [1.807, 2.05) is 19.2 Å². The fourth-order valence-corrected chi connectivity index (χ4v) is 1.15. The van der Waals surface area contributed by atoms with Crippen molar-refractivity contribution in [1.82, 2.24) is 4.98 Å². The zero-order valence-electron chi connectivity index (χ0n) is 9.20. The molecule has 0 aliphatic heterocycles. The molecule has 14 heavy (non-hydrogen) atoms. The van der Waals surface area contributed by atoms with Crippen molar-refractivity contribution in [1.29, 1.82) is 0 Å². The molecule has 1 N–H and O–H groups in total. The highest BCUT2D eigenvalue weighted by Crippen LogP contribution is 2.17. The van der Waals surface area contributed by atoms with Crippen LogP contribution in [-0.4, -0.2) is 10.1 Å². The molecule has 0 aromatic carbocycles. The fourth-order valence-electron chi connectivity index (χ4n) is 1.15. The first-order valence-corrected chi connectivity index (χ1v) is 4.85. The van der Waals surface area contributed by atoms with Gasteiger partial charge in [0.25, 0.3) is 0 Å². The van der Waals surface area contributed by atoms with E-state index >= 15 is 0 Å². The van der Waals surface area contributed by atoms with Gasteiger partial charge in [-0.15, -0.1) is 0 Å². The van der Waals surface area contributed by atoms with Crippen molar-refractivity contribution in [2.45, 2.75) is 33.6 Å². The molecule has 1 heterocycles. The molecular formula is C12H17NO. The Hall–Kier alpha value is -1.31. The Morgan fingerprint density at radius 3 is 2.29 bits per heavy atom. The summed E-state index contributed by atoms with van der Waals surface area (Å²) in [6.07, 6.45) is 1.87. The predicted molar refractivity (Wildman–Crippen MR) is 59.2 cm³/mol. The first-order chi connectivity index (χ1) is 6.52. The third-order valence-corrected chi connectivity index (χ3v) is 2.38. The molecule has 0 radical (unpaired) electrons. The molecule has 0 bridgehead atoms. The number of aromatic nitrogens is 1. The van der Waals surface area contributed by atoms with E-state index in [0.29, 0.717) is 11.7 Å². The van der Waals surface area contributed by atoms with Crippen molar-refractivity contribution in [2.75, 3.05) is 0 Å². The zero-order valence-corrected chi connectivity index (χ0v) is 9.20. The number of aliphatic hydroxyl groups is 1. The highest BCUT2D eigenvalue weighted by Gasteiger charge is 2.03. The topological polar surface area (TPSA) is 33.1 Å². The number of nitrogens with zero attached hydrogens (tertiary/aromatic N) is 1. The van der Waals surface area contributed by atoms with Crippen molar-refractivity contribution in [2.24, 2.45) is 0 Å². The van der Waals surface area contributed by atoms with Gasteiger partial charge in [0, 0.05) is 11.8 Å². The average molecular weight is 191 g/mol. The van der Waals surface area contributed by atoms with Crippen molar-refractivity contribution in [3.8, 4) is 0 Å². The molecule has 1 aromatic heterocycles. The highest BCUT2D eigenvalue weighted by atomic mass is 16.3. The molecule has 0 saturated carbocycles. The third kappa shape index (κ3) is 2.34. The lowest BCUT2D eigenvalue weighted by molar-refractivity contribution is 0.416. The van der Waals surface area contributed by atoms with Gasteiger partial charge in [0.1, 0.15) is 0 Å². The van der Waals surface area contributed by atoms with E-state index in [4.69, 9.17) is 0 Å². The highest BCUT2D eigenvalue weighted by molar-refractivity contribution is 5.61. The van der Waals surface area contributed by atoms with Crippen molar-refractivity contribution < 1.29 is 5.11 Å². The van der Waals surface area contributed by atoms with Gasteiger partial charge >= 0.3 is 0 Å².